The summed E-state index contributed by atoms with van der Waals surface area (Å²) in [6.07, 6.45) is -0.358. The molecule has 0 atom stereocenters. The highest BCUT2D eigenvalue weighted by molar-refractivity contribution is 4.74. The fourth-order valence-corrected chi connectivity index (χ4v) is 1.16. The van der Waals surface area contributed by atoms with Crippen molar-refractivity contribution in [3.05, 3.63) is 0 Å². The molecular weight excluding hydrogens is 160 g/mol. The summed E-state index contributed by atoms with van der Waals surface area (Å²) >= 11 is 0. The Balaban J connectivity index is 2.10. The van der Waals surface area contributed by atoms with Gasteiger partial charge in [0, 0.05) is 0 Å². The van der Waals surface area contributed by atoms with Gasteiger partial charge in [0.1, 0.15) is 0 Å². The molecule has 68 valence electrons. The Morgan fingerprint density at radius 3 is 2.25 bits per heavy atom. The average molecular weight is 172 g/mol. The molecule has 2 heterocycles. The molecule has 0 bridgehead atoms. The van der Waals surface area contributed by atoms with Crippen LogP contribution < -0.4 is 0 Å². The molecule has 1 saturated heterocycles. The molecule has 0 aromatic rings. The first-order valence-corrected chi connectivity index (χ1v) is 4.04. The zero-order valence-electron chi connectivity index (χ0n) is 7.24. The quantitative estimate of drug-likeness (QED) is 0.552. The molecule has 5 heteroatoms. The van der Waals surface area contributed by atoms with Crippen LogP contribution in [-0.2, 0) is 14.2 Å². The summed E-state index contributed by atoms with van der Waals surface area (Å²) in [6.45, 7) is 4.84. The molecule has 0 saturated carbocycles. The molecule has 2 aliphatic heterocycles. The van der Waals surface area contributed by atoms with Crippen molar-refractivity contribution < 1.29 is 14.2 Å². The van der Waals surface area contributed by atoms with Crippen molar-refractivity contribution in [3.8, 4) is 0 Å². The predicted octanol–water partition coefficient (Wildman–Crippen LogP) is 1.25. The number of nitrogens with zero attached hydrogens (tertiary/aromatic N) is 2. The fourth-order valence-electron chi connectivity index (χ4n) is 1.16. The number of ether oxygens (including phenoxy) is 3. The summed E-state index contributed by atoms with van der Waals surface area (Å²) in [7, 11) is 0. The summed E-state index contributed by atoms with van der Waals surface area (Å²) in [5.74, 6) is 0. The van der Waals surface area contributed by atoms with E-state index in [1.165, 1.54) is 0 Å². The zero-order chi connectivity index (χ0) is 8.66. The van der Waals surface area contributed by atoms with Crippen LogP contribution in [0.15, 0.2) is 10.2 Å². The van der Waals surface area contributed by atoms with Crippen LogP contribution in [0.4, 0.5) is 0 Å². The van der Waals surface area contributed by atoms with Crippen LogP contribution in [0.1, 0.15) is 20.3 Å². The lowest BCUT2D eigenvalue weighted by Gasteiger charge is -2.29. The monoisotopic (exact) mass is 172 g/mol. The van der Waals surface area contributed by atoms with E-state index in [2.05, 4.69) is 10.2 Å². The van der Waals surface area contributed by atoms with E-state index in [1.807, 2.05) is 13.8 Å². The normalized spacial score (nSPS) is 31.2. The van der Waals surface area contributed by atoms with Crippen LogP contribution in [-0.4, -0.2) is 25.0 Å². The molecule has 0 aromatic carbocycles. The van der Waals surface area contributed by atoms with Gasteiger partial charge in [-0.05, 0) is 20.3 Å². The van der Waals surface area contributed by atoms with E-state index in [9.17, 15) is 0 Å². The van der Waals surface area contributed by atoms with Crippen molar-refractivity contribution in [1.29, 1.82) is 0 Å². The zero-order valence-corrected chi connectivity index (χ0v) is 7.24. The van der Waals surface area contributed by atoms with E-state index in [-0.39, 0.29) is 0 Å². The van der Waals surface area contributed by atoms with Gasteiger partial charge in [-0.3, -0.25) is 4.74 Å². The molecule has 1 spiro atoms. The summed E-state index contributed by atoms with van der Waals surface area (Å²) < 4.78 is 15.9. The highest BCUT2D eigenvalue weighted by atomic mass is 16.9. The van der Waals surface area contributed by atoms with Crippen molar-refractivity contribution in [3.63, 3.8) is 0 Å². The molecule has 0 amide bonds. The third-order valence-electron chi connectivity index (χ3n) is 1.65. The molecule has 1 fully saturated rings. The van der Waals surface area contributed by atoms with E-state index in [0.29, 0.717) is 13.2 Å². The average Bonchev–Trinajstić information content (AvgIpc) is 2.29. The van der Waals surface area contributed by atoms with Gasteiger partial charge in [-0.1, -0.05) is 5.11 Å². The summed E-state index contributed by atoms with van der Waals surface area (Å²) in [6, 6.07) is 0. The first kappa shape index (κ1) is 8.10. The van der Waals surface area contributed by atoms with Gasteiger partial charge >= 0.3 is 6.10 Å². The first-order valence-electron chi connectivity index (χ1n) is 4.04. The Morgan fingerprint density at radius 2 is 1.75 bits per heavy atom. The molecule has 2 rings (SSSR count). The van der Waals surface area contributed by atoms with E-state index < -0.39 is 11.8 Å². The highest BCUT2D eigenvalue weighted by Gasteiger charge is 2.47. The Hall–Kier alpha value is -0.520. The maximum atomic E-state index is 5.40. The van der Waals surface area contributed by atoms with E-state index in [1.54, 1.807) is 0 Å². The molecule has 0 radical (unpaired) electrons. The number of rotatable bonds is 0. The van der Waals surface area contributed by atoms with Crippen molar-refractivity contribution in [1.82, 2.24) is 0 Å². The van der Waals surface area contributed by atoms with Gasteiger partial charge in [0.2, 0.25) is 0 Å². The maximum Gasteiger partial charge on any atom is 0.415 e. The molecule has 2 aliphatic rings. The van der Waals surface area contributed by atoms with Crippen molar-refractivity contribution in [2.24, 2.45) is 10.2 Å². The molecule has 5 nitrogen and oxygen atoms in total. The lowest BCUT2D eigenvalue weighted by atomic mass is 10.3. The number of hydrogen-bond donors (Lipinski definition) is 0. The molecule has 0 aromatic heterocycles. The van der Waals surface area contributed by atoms with Gasteiger partial charge in [-0.15, -0.1) is 0 Å². The Kier molecular flexibility index (Phi) is 1.67. The number of azo groups is 1. The predicted molar refractivity (Wildman–Crippen MR) is 39.3 cm³/mol. The van der Waals surface area contributed by atoms with Crippen LogP contribution >= 0.6 is 0 Å². The minimum absolute atomic E-state index is 0.606. The molecule has 12 heavy (non-hydrogen) atoms. The van der Waals surface area contributed by atoms with Crippen LogP contribution in [0.25, 0.3) is 0 Å². The summed E-state index contributed by atoms with van der Waals surface area (Å²) in [5, 5.41) is 7.74. The third kappa shape index (κ3) is 1.35. The number of hydrogen-bond acceptors (Lipinski definition) is 5. The molecular formula is C7H12N2O3. The lowest BCUT2D eigenvalue weighted by Crippen LogP contribution is -2.42. The van der Waals surface area contributed by atoms with Gasteiger partial charge in [0.25, 0.3) is 0 Å². The van der Waals surface area contributed by atoms with Crippen molar-refractivity contribution in [2.45, 2.75) is 32.1 Å². The van der Waals surface area contributed by atoms with E-state index >= 15 is 0 Å². The summed E-state index contributed by atoms with van der Waals surface area (Å²) in [5.41, 5.74) is -0.628. The lowest BCUT2D eigenvalue weighted by molar-refractivity contribution is -0.402. The van der Waals surface area contributed by atoms with Crippen molar-refractivity contribution in [2.75, 3.05) is 13.2 Å². The second-order valence-electron chi connectivity index (χ2n) is 3.32. The van der Waals surface area contributed by atoms with Crippen LogP contribution in [0.5, 0.6) is 0 Å². The van der Waals surface area contributed by atoms with Gasteiger partial charge in [0.05, 0.1) is 13.2 Å². The standard InChI is InChI=1S/C7H12N2O3/c1-6(2)8-9-7(12-6)10-4-3-5-11-7/h3-5H2,1-2H3. The topological polar surface area (TPSA) is 52.4 Å². The second-order valence-corrected chi connectivity index (χ2v) is 3.32. The van der Waals surface area contributed by atoms with Crippen molar-refractivity contribution >= 4 is 0 Å². The third-order valence-corrected chi connectivity index (χ3v) is 1.65. The van der Waals surface area contributed by atoms with Gasteiger partial charge in [-0.25, -0.2) is 0 Å². The van der Waals surface area contributed by atoms with Crippen LogP contribution in [0, 0.1) is 0 Å². The molecule has 0 unspecified atom stereocenters. The van der Waals surface area contributed by atoms with Crippen LogP contribution in [0.2, 0.25) is 0 Å². The first-order chi connectivity index (χ1) is 5.62. The molecule has 0 aliphatic carbocycles. The molecule has 0 N–H and O–H groups in total. The SMILES string of the molecule is CC1(C)N=NC2(OCCCO2)O1. The minimum Gasteiger partial charge on any atom is -0.306 e. The van der Waals surface area contributed by atoms with Gasteiger partial charge in [-0.2, -0.15) is 5.11 Å². The Bertz CT molecular complexity index is 209. The fraction of sp³-hybridized carbons (Fsp3) is 1.00. The highest BCUT2D eigenvalue weighted by Crippen LogP contribution is 2.35. The minimum atomic E-state index is -1.23. The largest absolute Gasteiger partial charge is 0.415 e. The van der Waals surface area contributed by atoms with E-state index in [4.69, 9.17) is 14.2 Å². The maximum absolute atomic E-state index is 5.40. The second kappa shape index (κ2) is 2.48. The van der Waals surface area contributed by atoms with Gasteiger partial charge < -0.3 is 9.47 Å². The van der Waals surface area contributed by atoms with Gasteiger partial charge in [0.15, 0.2) is 5.72 Å². The summed E-state index contributed by atoms with van der Waals surface area (Å²) in [4.78, 5) is 0. The Labute approximate surface area is 70.7 Å². The Morgan fingerprint density at radius 1 is 1.08 bits per heavy atom. The van der Waals surface area contributed by atoms with E-state index in [0.717, 1.165) is 6.42 Å². The smallest absolute Gasteiger partial charge is 0.306 e. The van der Waals surface area contributed by atoms with Crippen LogP contribution in [0.3, 0.4) is 0 Å².